The minimum atomic E-state index is 0.272. The van der Waals surface area contributed by atoms with E-state index in [4.69, 9.17) is 4.74 Å². The molecule has 0 saturated heterocycles. The Hall–Kier alpha value is -0.580. The Morgan fingerprint density at radius 3 is 2.93 bits per heavy atom. The molecule has 3 nitrogen and oxygen atoms in total. The lowest BCUT2D eigenvalue weighted by molar-refractivity contribution is 0.171. The standard InChI is InChI=1S/C11H16BrNO2/c1-8(7-15-2)13-6-9-4-3-5-10(12)11(9)14/h3-5,8,13-14H,6-7H2,1-2H3/t8-/m1/s1. The fourth-order valence-corrected chi connectivity index (χ4v) is 1.70. The van der Waals surface area contributed by atoms with Crippen molar-refractivity contribution in [2.75, 3.05) is 13.7 Å². The third kappa shape index (κ3) is 3.81. The molecule has 1 aromatic carbocycles. The molecule has 0 bridgehead atoms. The first-order valence-electron chi connectivity index (χ1n) is 4.83. The highest BCUT2D eigenvalue weighted by Crippen LogP contribution is 2.27. The van der Waals surface area contributed by atoms with Gasteiger partial charge >= 0.3 is 0 Å². The number of rotatable bonds is 5. The van der Waals surface area contributed by atoms with Gasteiger partial charge in [-0.3, -0.25) is 0 Å². The van der Waals surface area contributed by atoms with E-state index in [1.165, 1.54) is 0 Å². The highest BCUT2D eigenvalue weighted by Gasteiger charge is 2.06. The molecular formula is C11H16BrNO2. The molecule has 84 valence electrons. The summed E-state index contributed by atoms with van der Waals surface area (Å²) in [5.41, 5.74) is 0.882. The molecule has 0 unspecified atom stereocenters. The molecule has 0 saturated carbocycles. The number of hydrogen-bond acceptors (Lipinski definition) is 3. The summed E-state index contributed by atoms with van der Waals surface area (Å²) in [6.45, 7) is 3.34. The molecule has 0 amide bonds. The van der Waals surface area contributed by atoms with Crippen LogP contribution in [-0.2, 0) is 11.3 Å². The quantitative estimate of drug-likeness (QED) is 0.865. The molecule has 0 heterocycles. The first-order valence-corrected chi connectivity index (χ1v) is 5.63. The lowest BCUT2D eigenvalue weighted by Crippen LogP contribution is -2.29. The van der Waals surface area contributed by atoms with E-state index in [2.05, 4.69) is 21.2 Å². The van der Waals surface area contributed by atoms with Crippen LogP contribution in [0.15, 0.2) is 22.7 Å². The van der Waals surface area contributed by atoms with Crippen molar-refractivity contribution in [2.24, 2.45) is 0 Å². The molecule has 0 aliphatic rings. The number of hydrogen-bond donors (Lipinski definition) is 2. The van der Waals surface area contributed by atoms with Gasteiger partial charge in [0.2, 0.25) is 0 Å². The van der Waals surface area contributed by atoms with Crippen LogP contribution >= 0.6 is 15.9 Å². The summed E-state index contributed by atoms with van der Waals surface area (Å²) in [4.78, 5) is 0. The molecule has 0 spiro atoms. The van der Waals surface area contributed by atoms with Crippen LogP contribution in [0.2, 0.25) is 0 Å². The van der Waals surface area contributed by atoms with E-state index in [-0.39, 0.29) is 6.04 Å². The molecule has 1 aromatic rings. The lowest BCUT2D eigenvalue weighted by atomic mass is 10.2. The van der Waals surface area contributed by atoms with Gasteiger partial charge in [0, 0.05) is 25.3 Å². The van der Waals surface area contributed by atoms with Gasteiger partial charge < -0.3 is 15.2 Å². The van der Waals surface area contributed by atoms with E-state index in [1.807, 2.05) is 25.1 Å². The summed E-state index contributed by atoms with van der Waals surface area (Å²) in [6, 6.07) is 5.89. The Balaban J connectivity index is 2.54. The van der Waals surface area contributed by atoms with Crippen molar-refractivity contribution in [1.29, 1.82) is 0 Å². The highest BCUT2D eigenvalue weighted by molar-refractivity contribution is 9.10. The van der Waals surface area contributed by atoms with Crippen LogP contribution in [0.4, 0.5) is 0 Å². The van der Waals surface area contributed by atoms with Gasteiger partial charge in [0.15, 0.2) is 0 Å². The van der Waals surface area contributed by atoms with Crippen LogP contribution in [0.1, 0.15) is 12.5 Å². The summed E-state index contributed by atoms with van der Waals surface area (Å²) >= 11 is 3.28. The molecule has 0 aromatic heterocycles. The third-order valence-electron chi connectivity index (χ3n) is 2.13. The van der Waals surface area contributed by atoms with Crippen LogP contribution in [-0.4, -0.2) is 24.9 Å². The smallest absolute Gasteiger partial charge is 0.134 e. The lowest BCUT2D eigenvalue weighted by Gasteiger charge is -2.13. The first-order chi connectivity index (χ1) is 7.15. The summed E-state index contributed by atoms with van der Waals surface area (Å²) in [5, 5.41) is 13.0. The molecule has 4 heteroatoms. The number of benzene rings is 1. The normalized spacial score (nSPS) is 12.7. The summed E-state index contributed by atoms with van der Waals surface area (Å²) in [6.07, 6.45) is 0. The third-order valence-corrected chi connectivity index (χ3v) is 2.77. The van der Waals surface area contributed by atoms with Crippen molar-refractivity contribution in [3.63, 3.8) is 0 Å². The summed E-state index contributed by atoms with van der Waals surface area (Å²) in [7, 11) is 1.68. The van der Waals surface area contributed by atoms with E-state index in [0.29, 0.717) is 18.9 Å². The van der Waals surface area contributed by atoms with Crippen LogP contribution in [0, 0.1) is 0 Å². The maximum Gasteiger partial charge on any atom is 0.134 e. The minimum absolute atomic E-state index is 0.272. The monoisotopic (exact) mass is 273 g/mol. The molecular weight excluding hydrogens is 258 g/mol. The molecule has 1 rings (SSSR count). The van der Waals surface area contributed by atoms with Crippen molar-refractivity contribution >= 4 is 15.9 Å². The molecule has 2 N–H and O–H groups in total. The Kier molecular flexibility index (Phi) is 5.08. The van der Waals surface area contributed by atoms with Crippen LogP contribution in [0.25, 0.3) is 0 Å². The topological polar surface area (TPSA) is 41.5 Å². The van der Waals surface area contributed by atoms with Gasteiger partial charge in [-0.25, -0.2) is 0 Å². The Labute approximate surface area is 98.6 Å². The van der Waals surface area contributed by atoms with Gasteiger partial charge in [-0.05, 0) is 28.9 Å². The first kappa shape index (κ1) is 12.5. The molecule has 1 atom stereocenters. The van der Waals surface area contributed by atoms with Gasteiger partial charge in [-0.1, -0.05) is 12.1 Å². The van der Waals surface area contributed by atoms with E-state index < -0.39 is 0 Å². The predicted molar refractivity (Wildman–Crippen MR) is 64.0 cm³/mol. The van der Waals surface area contributed by atoms with Gasteiger partial charge in [-0.2, -0.15) is 0 Å². The fraction of sp³-hybridized carbons (Fsp3) is 0.455. The fourth-order valence-electron chi connectivity index (χ4n) is 1.30. The second kappa shape index (κ2) is 6.10. The van der Waals surface area contributed by atoms with Crippen LogP contribution < -0.4 is 5.32 Å². The van der Waals surface area contributed by atoms with Gasteiger partial charge in [-0.15, -0.1) is 0 Å². The predicted octanol–water partition coefficient (Wildman–Crippen LogP) is 2.28. The maximum absolute atomic E-state index is 9.72. The minimum Gasteiger partial charge on any atom is -0.506 e. The van der Waals surface area contributed by atoms with Crippen molar-refractivity contribution in [1.82, 2.24) is 5.32 Å². The number of methoxy groups -OCH3 is 1. The molecule has 0 fully saturated rings. The zero-order valence-corrected chi connectivity index (χ0v) is 10.5. The maximum atomic E-state index is 9.72. The molecule has 0 aliphatic heterocycles. The van der Waals surface area contributed by atoms with Crippen LogP contribution in [0.5, 0.6) is 5.75 Å². The van der Waals surface area contributed by atoms with Crippen molar-refractivity contribution in [2.45, 2.75) is 19.5 Å². The summed E-state index contributed by atoms with van der Waals surface area (Å²) < 4.78 is 5.74. The second-order valence-electron chi connectivity index (χ2n) is 3.48. The largest absolute Gasteiger partial charge is 0.506 e. The van der Waals surface area contributed by atoms with E-state index >= 15 is 0 Å². The van der Waals surface area contributed by atoms with Crippen molar-refractivity contribution in [3.05, 3.63) is 28.2 Å². The number of phenols is 1. The molecule has 0 radical (unpaired) electrons. The van der Waals surface area contributed by atoms with Gasteiger partial charge in [0.1, 0.15) is 5.75 Å². The number of nitrogens with one attached hydrogen (secondary N) is 1. The van der Waals surface area contributed by atoms with E-state index in [0.717, 1.165) is 10.0 Å². The van der Waals surface area contributed by atoms with E-state index in [9.17, 15) is 5.11 Å². The summed E-state index contributed by atoms with van der Waals surface area (Å²) in [5.74, 6) is 0.301. The molecule has 15 heavy (non-hydrogen) atoms. The zero-order chi connectivity index (χ0) is 11.3. The highest BCUT2D eigenvalue weighted by atomic mass is 79.9. The second-order valence-corrected chi connectivity index (χ2v) is 4.34. The van der Waals surface area contributed by atoms with Crippen LogP contribution in [0.3, 0.4) is 0 Å². The number of aromatic hydroxyl groups is 1. The molecule has 0 aliphatic carbocycles. The average Bonchev–Trinajstić information content (AvgIpc) is 2.21. The number of para-hydroxylation sites is 1. The van der Waals surface area contributed by atoms with E-state index in [1.54, 1.807) is 7.11 Å². The van der Waals surface area contributed by atoms with Gasteiger partial charge in [0.25, 0.3) is 0 Å². The SMILES string of the molecule is COC[C@@H](C)NCc1cccc(Br)c1O. The number of phenolic OH excluding ortho intramolecular Hbond substituents is 1. The number of ether oxygens (including phenoxy) is 1. The van der Waals surface area contributed by atoms with Crippen molar-refractivity contribution < 1.29 is 9.84 Å². The van der Waals surface area contributed by atoms with Crippen molar-refractivity contribution in [3.8, 4) is 5.75 Å². The van der Waals surface area contributed by atoms with Gasteiger partial charge in [0.05, 0.1) is 11.1 Å². The number of halogens is 1. The Morgan fingerprint density at radius 1 is 1.53 bits per heavy atom. The Morgan fingerprint density at radius 2 is 2.27 bits per heavy atom. The average molecular weight is 274 g/mol. The zero-order valence-electron chi connectivity index (χ0n) is 8.96. The Bertz CT molecular complexity index is 317.